The van der Waals surface area contributed by atoms with E-state index in [0.29, 0.717) is 0 Å². The molecule has 0 aliphatic rings. The van der Waals surface area contributed by atoms with Crippen molar-refractivity contribution in [3.63, 3.8) is 0 Å². The van der Waals surface area contributed by atoms with Gasteiger partial charge in [-0.05, 0) is 37.7 Å². The molecule has 0 aliphatic heterocycles. The lowest BCUT2D eigenvalue weighted by Gasteiger charge is -2.17. The van der Waals surface area contributed by atoms with Gasteiger partial charge in [0.2, 0.25) is 0 Å². The van der Waals surface area contributed by atoms with E-state index in [2.05, 4.69) is 30.9 Å². The summed E-state index contributed by atoms with van der Waals surface area (Å²) in [5.74, 6) is 1.12. The number of rotatable bonds is 7. The molecule has 3 heteroatoms. The molecule has 0 aliphatic carbocycles. The van der Waals surface area contributed by atoms with Crippen LogP contribution in [0.3, 0.4) is 0 Å². The molecule has 2 nitrogen and oxygen atoms in total. The molecule has 0 aromatic heterocycles. The van der Waals surface area contributed by atoms with Crippen molar-refractivity contribution in [3.8, 4) is 0 Å². The Morgan fingerprint density at radius 3 is 2.24 bits per heavy atom. The lowest BCUT2D eigenvalue weighted by molar-refractivity contribution is 0.199. The summed E-state index contributed by atoms with van der Waals surface area (Å²) in [5.41, 5.74) is 0.984. The maximum Gasteiger partial charge on any atom is 0.0761 e. The molecule has 0 radical (unpaired) electrons. The van der Waals surface area contributed by atoms with Crippen molar-refractivity contribution in [2.45, 2.75) is 31.8 Å². The Morgan fingerprint density at radius 1 is 1.18 bits per heavy atom. The third-order valence-corrected chi connectivity index (χ3v) is 3.93. The number of aliphatic hydroxyl groups excluding tert-OH is 1. The molecule has 0 saturated heterocycles. The van der Waals surface area contributed by atoms with Crippen molar-refractivity contribution >= 4 is 11.8 Å². The number of benzene rings is 1. The molecule has 17 heavy (non-hydrogen) atoms. The molecule has 1 unspecified atom stereocenters. The second kappa shape index (κ2) is 7.75. The summed E-state index contributed by atoms with van der Waals surface area (Å²) in [7, 11) is 0. The highest BCUT2D eigenvalue weighted by Crippen LogP contribution is 2.20. The fourth-order valence-corrected chi connectivity index (χ4v) is 2.59. The van der Waals surface area contributed by atoms with Crippen molar-refractivity contribution in [2.75, 3.05) is 25.4 Å². The van der Waals surface area contributed by atoms with Crippen LogP contribution in [0.15, 0.2) is 29.2 Å². The van der Waals surface area contributed by atoms with E-state index in [1.54, 1.807) is 6.92 Å². The topological polar surface area (TPSA) is 23.5 Å². The van der Waals surface area contributed by atoms with Crippen LogP contribution in [0.5, 0.6) is 0 Å². The Kier molecular flexibility index (Phi) is 6.63. The lowest BCUT2D eigenvalue weighted by atomic mass is 10.1. The Morgan fingerprint density at radius 2 is 1.76 bits per heavy atom. The minimum atomic E-state index is -0.371. The molecule has 0 bridgehead atoms. The highest BCUT2D eigenvalue weighted by Gasteiger charge is 2.02. The molecule has 0 saturated carbocycles. The minimum absolute atomic E-state index is 0.371. The van der Waals surface area contributed by atoms with E-state index < -0.39 is 0 Å². The molecule has 0 heterocycles. The first-order chi connectivity index (χ1) is 8.17. The number of aliphatic hydroxyl groups is 1. The lowest BCUT2D eigenvalue weighted by Crippen LogP contribution is -2.25. The molecule has 1 aromatic rings. The zero-order valence-corrected chi connectivity index (χ0v) is 11.8. The van der Waals surface area contributed by atoms with E-state index >= 15 is 0 Å². The third kappa shape index (κ3) is 5.11. The van der Waals surface area contributed by atoms with E-state index in [1.165, 1.54) is 4.90 Å². The van der Waals surface area contributed by atoms with Crippen LogP contribution in [0.4, 0.5) is 0 Å². The summed E-state index contributed by atoms with van der Waals surface area (Å²) in [5, 5.41) is 9.41. The molecule has 96 valence electrons. The Bertz CT molecular complexity index is 307. The van der Waals surface area contributed by atoms with Gasteiger partial charge >= 0.3 is 0 Å². The average Bonchev–Trinajstić information content (AvgIpc) is 2.35. The average molecular weight is 253 g/mol. The second-order valence-corrected chi connectivity index (χ2v) is 5.29. The number of thioether (sulfide) groups is 1. The monoisotopic (exact) mass is 253 g/mol. The zero-order valence-electron chi connectivity index (χ0n) is 11.0. The second-order valence-electron chi connectivity index (χ2n) is 4.12. The highest BCUT2D eigenvalue weighted by atomic mass is 32.2. The third-order valence-electron chi connectivity index (χ3n) is 2.93. The van der Waals surface area contributed by atoms with Gasteiger partial charge in [-0.3, -0.25) is 0 Å². The quantitative estimate of drug-likeness (QED) is 0.755. The molecule has 1 atom stereocenters. The molecule has 1 rings (SSSR count). The van der Waals surface area contributed by atoms with Gasteiger partial charge in [-0.15, -0.1) is 11.8 Å². The molecule has 1 aromatic carbocycles. The van der Waals surface area contributed by atoms with Gasteiger partial charge in [0.1, 0.15) is 0 Å². The van der Waals surface area contributed by atoms with Gasteiger partial charge < -0.3 is 10.0 Å². The summed E-state index contributed by atoms with van der Waals surface area (Å²) >= 11 is 1.88. The zero-order chi connectivity index (χ0) is 12.7. The predicted molar refractivity (Wildman–Crippen MR) is 75.6 cm³/mol. The molecular weight excluding hydrogens is 230 g/mol. The largest absolute Gasteiger partial charge is 0.389 e. The van der Waals surface area contributed by atoms with Gasteiger partial charge in [-0.2, -0.15) is 0 Å². The van der Waals surface area contributed by atoms with Gasteiger partial charge in [0.15, 0.2) is 0 Å². The van der Waals surface area contributed by atoms with Crippen LogP contribution in [0.2, 0.25) is 0 Å². The normalized spacial score (nSPS) is 13.0. The van der Waals surface area contributed by atoms with E-state index in [4.69, 9.17) is 0 Å². The van der Waals surface area contributed by atoms with Crippen LogP contribution in [-0.4, -0.2) is 35.4 Å². The SMILES string of the molecule is CCN(CC)CCSc1ccc(C(C)O)cc1. The maximum absolute atomic E-state index is 9.41. The minimum Gasteiger partial charge on any atom is -0.389 e. The van der Waals surface area contributed by atoms with Crippen LogP contribution in [0, 0.1) is 0 Å². The van der Waals surface area contributed by atoms with Crippen LogP contribution >= 0.6 is 11.8 Å². The Labute approximate surface area is 109 Å². The summed E-state index contributed by atoms with van der Waals surface area (Å²) in [4.78, 5) is 3.71. The van der Waals surface area contributed by atoms with Crippen molar-refractivity contribution in [1.82, 2.24) is 4.90 Å². The van der Waals surface area contributed by atoms with Gasteiger partial charge in [-0.1, -0.05) is 26.0 Å². The van der Waals surface area contributed by atoms with Crippen molar-refractivity contribution in [3.05, 3.63) is 29.8 Å². The molecule has 0 fully saturated rings. The number of hydrogen-bond acceptors (Lipinski definition) is 3. The van der Waals surface area contributed by atoms with E-state index in [9.17, 15) is 5.11 Å². The summed E-state index contributed by atoms with van der Waals surface area (Å²) in [6, 6.07) is 8.19. The van der Waals surface area contributed by atoms with E-state index in [0.717, 1.165) is 31.0 Å². The first kappa shape index (κ1) is 14.6. The number of nitrogens with zero attached hydrogens (tertiary/aromatic N) is 1. The Hall–Kier alpha value is -0.510. The van der Waals surface area contributed by atoms with Crippen LogP contribution in [-0.2, 0) is 0 Å². The van der Waals surface area contributed by atoms with Crippen molar-refractivity contribution < 1.29 is 5.11 Å². The van der Waals surface area contributed by atoms with Crippen LogP contribution in [0.1, 0.15) is 32.4 Å². The Balaban J connectivity index is 2.37. The van der Waals surface area contributed by atoms with Gasteiger partial charge in [0, 0.05) is 17.2 Å². The van der Waals surface area contributed by atoms with Crippen molar-refractivity contribution in [2.24, 2.45) is 0 Å². The summed E-state index contributed by atoms with van der Waals surface area (Å²) < 4.78 is 0. The molecule has 1 N–H and O–H groups in total. The summed E-state index contributed by atoms with van der Waals surface area (Å²) in [6.07, 6.45) is -0.371. The smallest absolute Gasteiger partial charge is 0.0761 e. The van der Waals surface area contributed by atoms with Crippen molar-refractivity contribution in [1.29, 1.82) is 0 Å². The first-order valence-corrected chi connectivity index (χ1v) is 7.29. The predicted octanol–water partition coefficient (Wildman–Crippen LogP) is 3.17. The standard InChI is InChI=1S/C14H23NOS/c1-4-15(5-2)10-11-17-14-8-6-13(7-9-14)12(3)16/h6-9,12,16H,4-5,10-11H2,1-3H3. The highest BCUT2D eigenvalue weighted by molar-refractivity contribution is 7.99. The number of hydrogen-bond donors (Lipinski definition) is 1. The first-order valence-electron chi connectivity index (χ1n) is 6.30. The molecule has 0 spiro atoms. The fraction of sp³-hybridized carbons (Fsp3) is 0.571. The van der Waals surface area contributed by atoms with Gasteiger partial charge in [0.25, 0.3) is 0 Å². The molecule has 0 amide bonds. The van der Waals surface area contributed by atoms with Gasteiger partial charge in [-0.25, -0.2) is 0 Å². The van der Waals surface area contributed by atoms with Crippen LogP contribution < -0.4 is 0 Å². The summed E-state index contributed by atoms with van der Waals surface area (Å²) in [6.45, 7) is 9.57. The maximum atomic E-state index is 9.41. The van der Waals surface area contributed by atoms with Gasteiger partial charge in [0.05, 0.1) is 6.10 Å². The van der Waals surface area contributed by atoms with E-state index in [1.807, 2.05) is 23.9 Å². The van der Waals surface area contributed by atoms with Crippen LogP contribution in [0.25, 0.3) is 0 Å². The fourth-order valence-electron chi connectivity index (χ4n) is 1.67. The van der Waals surface area contributed by atoms with E-state index in [-0.39, 0.29) is 6.10 Å². The molecular formula is C14H23NOS.